The number of ether oxygens (including phenoxy) is 2. The number of unbranched alkanes of at least 4 members (excludes halogenated alkanes) is 1. The highest BCUT2D eigenvalue weighted by atomic mass is 32.1. The lowest BCUT2D eigenvalue weighted by Crippen LogP contribution is -2.60. The fourth-order valence-electron chi connectivity index (χ4n) is 2.82. The van der Waals surface area contributed by atoms with Crippen molar-refractivity contribution >= 4 is 35.1 Å². The molecule has 29 heavy (non-hydrogen) atoms. The summed E-state index contributed by atoms with van der Waals surface area (Å²) in [6.45, 7) is 5.50. The fraction of sp³-hybridized carbons (Fsp3) is 0.500. The summed E-state index contributed by atoms with van der Waals surface area (Å²) in [7, 11) is 0. The minimum atomic E-state index is -0.814. The van der Waals surface area contributed by atoms with E-state index in [1.165, 1.54) is 0 Å². The Hall–Kier alpha value is -2.68. The van der Waals surface area contributed by atoms with Gasteiger partial charge in [-0.1, -0.05) is 13.3 Å². The van der Waals surface area contributed by atoms with Crippen molar-refractivity contribution in [2.75, 3.05) is 26.3 Å². The molecule has 1 atom stereocenters. The second-order valence-corrected chi connectivity index (χ2v) is 6.88. The van der Waals surface area contributed by atoms with Crippen molar-refractivity contribution in [3.8, 4) is 5.75 Å². The summed E-state index contributed by atoms with van der Waals surface area (Å²) in [5.41, 5.74) is 0.410. The number of esters is 1. The largest absolute Gasteiger partial charge is 0.494 e. The molecule has 0 aliphatic carbocycles. The van der Waals surface area contributed by atoms with Gasteiger partial charge in [0.25, 0.3) is 5.91 Å². The Kier molecular flexibility index (Phi) is 8.85. The number of amides is 2. The molecule has 8 nitrogen and oxygen atoms in total. The van der Waals surface area contributed by atoms with E-state index in [0.717, 1.165) is 12.8 Å². The molecule has 158 valence electrons. The van der Waals surface area contributed by atoms with E-state index in [4.69, 9.17) is 21.7 Å². The average Bonchev–Trinajstić information content (AvgIpc) is 2.70. The van der Waals surface area contributed by atoms with E-state index >= 15 is 0 Å². The van der Waals surface area contributed by atoms with Crippen molar-refractivity contribution in [2.24, 2.45) is 0 Å². The van der Waals surface area contributed by atoms with Gasteiger partial charge in [0.05, 0.1) is 19.6 Å². The van der Waals surface area contributed by atoms with Crippen LogP contribution >= 0.6 is 12.2 Å². The smallest absolute Gasteiger partial charge is 0.308 e. The van der Waals surface area contributed by atoms with Gasteiger partial charge in [-0.05, 0) is 49.8 Å². The van der Waals surface area contributed by atoms with Crippen LogP contribution in [0.5, 0.6) is 5.75 Å². The zero-order chi connectivity index (χ0) is 21.2. The highest BCUT2D eigenvalue weighted by molar-refractivity contribution is 7.80. The number of carbonyl (C=O) groups is 3. The van der Waals surface area contributed by atoms with Crippen LogP contribution in [0, 0.1) is 0 Å². The van der Waals surface area contributed by atoms with E-state index < -0.39 is 17.9 Å². The molecule has 0 saturated carbocycles. The first-order chi connectivity index (χ1) is 14.0. The number of hydrogen-bond donors (Lipinski definition) is 2. The molecular weight excluding hydrogens is 394 g/mol. The van der Waals surface area contributed by atoms with Gasteiger partial charge in [0.15, 0.2) is 5.11 Å². The van der Waals surface area contributed by atoms with Gasteiger partial charge in [0, 0.05) is 18.7 Å². The number of rotatable bonds is 8. The van der Waals surface area contributed by atoms with Crippen LogP contribution in [0.15, 0.2) is 24.3 Å². The molecule has 9 heteroatoms. The maximum atomic E-state index is 12.5. The van der Waals surface area contributed by atoms with E-state index in [9.17, 15) is 14.4 Å². The lowest BCUT2D eigenvalue weighted by Gasteiger charge is -2.36. The van der Waals surface area contributed by atoms with Crippen LogP contribution < -0.4 is 15.4 Å². The van der Waals surface area contributed by atoms with E-state index in [-0.39, 0.29) is 17.4 Å². The van der Waals surface area contributed by atoms with Gasteiger partial charge in [0.1, 0.15) is 11.8 Å². The summed E-state index contributed by atoms with van der Waals surface area (Å²) >= 11 is 5.34. The molecule has 1 saturated heterocycles. The lowest BCUT2D eigenvalue weighted by molar-refractivity contribution is -0.147. The number of piperazine rings is 1. The SMILES string of the molecule is CCCCOC(=O)C[C@@H]1C(=O)NCCN1C(=S)NC(=O)c1ccc(OCC)cc1. The number of nitrogens with zero attached hydrogens (tertiary/aromatic N) is 1. The Bertz CT molecular complexity index is 738. The molecular formula is C20H27N3O5S. The lowest BCUT2D eigenvalue weighted by atomic mass is 10.1. The molecule has 0 unspecified atom stereocenters. The van der Waals surface area contributed by atoms with Crippen molar-refractivity contribution in [1.82, 2.24) is 15.5 Å². The third kappa shape index (κ3) is 6.70. The van der Waals surface area contributed by atoms with E-state index in [1.807, 2.05) is 13.8 Å². The van der Waals surface area contributed by atoms with Crippen LogP contribution in [0.25, 0.3) is 0 Å². The second kappa shape index (κ2) is 11.4. The van der Waals surface area contributed by atoms with Crippen LogP contribution in [-0.2, 0) is 14.3 Å². The first-order valence-corrected chi connectivity index (χ1v) is 10.1. The molecule has 1 aliphatic rings. The monoisotopic (exact) mass is 421 g/mol. The van der Waals surface area contributed by atoms with Gasteiger partial charge in [0.2, 0.25) is 5.91 Å². The van der Waals surface area contributed by atoms with Gasteiger partial charge < -0.3 is 19.7 Å². The van der Waals surface area contributed by atoms with Crippen LogP contribution in [0.3, 0.4) is 0 Å². The molecule has 1 aromatic rings. The minimum Gasteiger partial charge on any atom is -0.494 e. The zero-order valence-corrected chi connectivity index (χ0v) is 17.5. The van der Waals surface area contributed by atoms with Gasteiger partial charge >= 0.3 is 5.97 Å². The number of thiocarbonyl (C=S) groups is 1. The molecule has 0 spiro atoms. The van der Waals surface area contributed by atoms with E-state index in [1.54, 1.807) is 29.2 Å². The normalized spacial score (nSPS) is 16.0. The van der Waals surface area contributed by atoms with Crippen molar-refractivity contribution in [3.05, 3.63) is 29.8 Å². The quantitative estimate of drug-likeness (QED) is 0.374. The molecule has 2 amide bonds. The predicted octanol–water partition coefficient (Wildman–Crippen LogP) is 1.63. The molecule has 1 aromatic carbocycles. The Morgan fingerprint density at radius 1 is 1.28 bits per heavy atom. The molecule has 0 radical (unpaired) electrons. The maximum absolute atomic E-state index is 12.5. The second-order valence-electron chi connectivity index (χ2n) is 6.50. The van der Waals surface area contributed by atoms with Crippen molar-refractivity contribution in [3.63, 3.8) is 0 Å². The average molecular weight is 422 g/mol. The van der Waals surface area contributed by atoms with Crippen LogP contribution in [0.2, 0.25) is 0 Å². The van der Waals surface area contributed by atoms with Crippen molar-refractivity contribution in [2.45, 2.75) is 39.2 Å². The van der Waals surface area contributed by atoms with E-state index in [2.05, 4.69) is 10.6 Å². The summed E-state index contributed by atoms with van der Waals surface area (Å²) in [6.07, 6.45) is 1.54. The van der Waals surface area contributed by atoms with E-state index in [0.29, 0.717) is 37.6 Å². The highest BCUT2D eigenvalue weighted by Crippen LogP contribution is 2.14. The third-order valence-electron chi connectivity index (χ3n) is 4.36. The molecule has 1 heterocycles. The number of carbonyl (C=O) groups excluding carboxylic acids is 3. The third-order valence-corrected chi connectivity index (χ3v) is 4.70. The van der Waals surface area contributed by atoms with Crippen LogP contribution in [0.4, 0.5) is 0 Å². The summed E-state index contributed by atoms with van der Waals surface area (Å²) in [5.74, 6) is -0.512. The Morgan fingerprint density at radius 3 is 2.66 bits per heavy atom. The molecule has 0 bridgehead atoms. The molecule has 2 rings (SSSR count). The van der Waals surface area contributed by atoms with Gasteiger partial charge in [-0.15, -0.1) is 0 Å². The van der Waals surface area contributed by atoms with Gasteiger partial charge in [-0.3, -0.25) is 19.7 Å². The van der Waals surface area contributed by atoms with Crippen molar-refractivity contribution < 1.29 is 23.9 Å². The number of nitrogens with one attached hydrogen (secondary N) is 2. The predicted molar refractivity (Wildman–Crippen MR) is 112 cm³/mol. The molecule has 0 aromatic heterocycles. The Morgan fingerprint density at radius 2 is 2.00 bits per heavy atom. The van der Waals surface area contributed by atoms with Crippen LogP contribution in [0.1, 0.15) is 43.5 Å². The number of benzene rings is 1. The molecule has 2 N–H and O–H groups in total. The summed E-state index contributed by atoms with van der Waals surface area (Å²) in [4.78, 5) is 38.4. The number of hydrogen-bond acceptors (Lipinski definition) is 6. The van der Waals surface area contributed by atoms with Gasteiger partial charge in [-0.25, -0.2) is 0 Å². The maximum Gasteiger partial charge on any atom is 0.308 e. The molecule has 1 aliphatic heterocycles. The standard InChI is InChI=1S/C20H27N3O5S/c1-3-5-12-28-17(24)13-16-19(26)21-10-11-23(16)20(29)22-18(25)14-6-8-15(9-7-14)27-4-2/h6-9,16H,3-5,10-13H2,1-2H3,(H,21,26)(H,22,25,29)/t16-/m1/s1. The Balaban J connectivity index is 1.99. The summed E-state index contributed by atoms with van der Waals surface area (Å²) in [5, 5.41) is 5.46. The fourth-order valence-corrected chi connectivity index (χ4v) is 3.13. The summed E-state index contributed by atoms with van der Waals surface area (Å²) in [6, 6.07) is 5.85. The summed E-state index contributed by atoms with van der Waals surface area (Å²) < 4.78 is 10.5. The first-order valence-electron chi connectivity index (χ1n) is 9.74. The van der Waals surface area contributed by atoms with Crippen molar-refractivity contribution in [1.29, 1.82) is 0 Å². The zero-order valence-electron chi connectivity index (χ0n) is 16.7. The van der Waals surface area contributed by atoms with Crippen LogP contribution in [-0.4, -0.2) is 60.1 Å². The topological polar surface area (TPSA) is 97.0 Å². The minimum absolute atomic E-state index is 0.102. The molecule has 1 fully saturated rings. The first kappa shape index (κ1) is 22.6. The van der Waals surface area contributed by atoms with Gasteiger partial charge in [-0.2, -0.15) is 0 Å². The Labute approximate surface area is 175 Å². The highest BCUT2D eigenvalue weighted by Gasteiger charge is 2.34.